The smallest absolute Gasteiger partial charge is 0.243 e. The highest BCUT2D eigenvalue weighted by Crippen LogP contribution is 2.24. The lowest BCUT2D eigenvalue weighted by molar-refractivity contribution is -0.141. The fraction of sp³-hybridized carbons (Fsp3) is 0.286. The summed E-state index contributed by atoms with van der Waals surface area (Å²) in [4.78, 5) is 28.7. The van der Waals surface area contributed by atoms with Gasteiger partial charge in [0.25, 0.3) is 0 Å². The predicted molar refractivity (Wildman–Crippen MR) is 139 cm³/mol. The minimum atomic E-state index is -0.756. The number of benzene rings is 3. The molecule has 1 N–H and O–H groups in total. The third kappa shape index (κ3) is 7.81. The Morgan fingerprint density at radius 3 is 2.20 bits per heavy atom. The van der Waals surface area contributed by atoms with E-state index >= 15 is 0 Å². The number of rotatable bonds is 10. The van der Waals surface area contributed by atoms with E-state index in [2.05, 4.69) is 5.32 Å². The molecule has 2 atom stereocenters. The van der Waals surface area contributed by atoms with Crippen LogP contribution in [0.1, 0.15) is 37.0 Å². The molecule has 0 fully saturated rings. The van der Waals surface area contributed by atoms with Crippen LogP contribution >= 0.6 is 23.2 Å². The fourth-order valence-electron chi connectivity index (χ4n) is 3.71. The average Bonchev–Trinajstić information content (AvgIpc) is 2.85. The van der Waals surface area contributed by atoms with Crippen molar-refractivity contribution in [3.63, 3.8) is 0 Å². The third-order valence-corrected chi connectivity index (χ3v) is 6.62. The van der Waals surface area contributed by atoms with Gasteiger partial charge >= 0.3 is 0 Å². The summed E-state index contributed by atoms with van der Waals surface area (Å²) in [6, 6.07) is 19.8. The van der Waals surface area contributed by atoms with Gasteiger partial charge in [-0.25, -0.2) is 4.39 Å². The van der Waals surface area contributed by atoms with Crippen LogP contribution in [0.5, 0.6) is 0 Å². The predicted octanol–water partition coefficient (Wildman–Crippen LogP) is 6.23. The lowest BCUT2D eigenvalue weighted by atomic mass is 10.0. The number of nitrogens with one attached hydrogen (secondary N) is 1. The second-order valence-corrected chi connectivity index (χ2v) is 9.41. The Morgan fingerprint density at radius 2 is 1.57 bits per heavy atom. The molecule has 2 amide bonds. The molecule has 0 radical (unpaired) electrons. The van der Waals surface area contributed by atoms with Crippen molar-refractivity contribution in [2.75, 3.05) is 0 Å². The third-order valence-electron chi connectivity index (χ3n) is 5.88. The minimum Gasteiger partial charge on any atom is -0.352 e. The summed E-state index contributed by atoms with van der Waals surface area (Å²) in [5, 5.41) is 3.82. The Morgan fingerprint density at radius 1 is 0.914 bits per heavy atom. The van der Waals surface area contributed by atoms with Gasteiger partial charge in [-0.1, -0.05) is 78.7 Å². The van der Waals surface area contributed by atoms with Gasteiger partial charge in [-0.2, -0.15) is 0 Å². The van der Waals surface area contributed by atoms with Crippen LogP contribution in [0.25, 0.3) is 0 Å². The van der Waals surface area contributed by atoms with Crippen LogP contribution in [0.2, 0.25) is 10.0 Å². The zero-order valence-electron chi connectivity index (χ0n) is 19.8. The molecule has 4 nitrogen and oxygen atoms in total. The van der Waals surface area contributed by atoms with Gasteiger partial charge in [0.1, 0.15) is 11.9 Å². The zero-order chi connectivity index (χ0) is 25.4. The van der Waals surface area contributed by atoms with Crippen LogP contribution in [-0.4, -0.2) is 28.8 Å². The van der Waals surface area contributed by atoms with Gasteiger partial charge in [0.15, 0.2) is 0 Å². The van der Waals surface area contributed by atoms with Gasteiger partial charge in [-0.15, -0.1) is 0 Å². The summed E-state index contributed by atoms with van der Waals surface area (Å²) in [6.45, 7) is 4.09. The fourth-order valence-corrected chi connectivity index (χ4v) is 4.03. The highest BCUT2D eigenvalue weighted by atomic mass is 35.5. The Hall–Kier alpha value is -2.89. The van der Waals surface area contributed by atoms with E-state index in [1.807, 2.05) is 44.2 Å². The molecule has 0 saturated heterocycles. The molecule has 184 valence electrons. The lowest BCUT2D eigenvalue weighted by Gasteiger charge is -2.32. The Kier molecular flexibility index (Phi) is 9.70. The molecule has 7 heteroatoms. The van der Waals surface area contributed by atoms with Gasteiger partial charge < -0.3 is 10.2 Å². The van der Waals surface area contributed by atoms with Crippen molar-refractivity contribution < 1.29 is 14.0 Å². The molecule has 0 heterocycles. The number of halogens is 3. The Bertz CT molecular complexity index is 1140. The van der Waals surface area contributed by atoms with Gasteiger partial charge in [-0.05, 0) is 54.3 Å². The number of hydrogen-bond donors (Lipinski definition) is 1. The van der Waals surface area contributed by atoms with E-state index in [1.165, 1.54) is 12.1 Å². The zero-order valence-corrected chi connectivity index (χ0v) is 21.3. The first-order chi connectivity index (χ1) is 16.8. The first-order valence-electron chi connectivity index (χ1n) is 11.6. The van der Waals surface area contributed by atoms with Crippen LogP contribution in [0, 0.1) is 5.82 Å². The number of carbonyl (C=O) groups excluding carboxylic acids is 2. The molecule has 0 aromatic heterocycles. The van der Waals surface area contributed by atoms with E-state index in [0.717, 1.165) is 17.5 Å². The van der Waals surface area contributed by atoms with Crippen LogP contribution in [0.4, 0.5) is 4.39 Å². The lowest BCUT2D eigenvalue weighted by Crippen LogP contribution is -2.52. The van der Waals surface area contributed by atoms with Crippen LogP contribution < -0.4 is 5.32 Å². The summed E-state index contributed by atoms with van der Waals surface area (Å²) in [5.41, 5.74) is 2.35. The van der Waals surface area contributed by atoms with Crippen LogP contribution in [0.15, 0.2) is 72.8 Å². The monoisotopic (exact) mass is 514 g/mol. The molecule has 0 spiro atoms. The summed E-state index contributed by atoms with van der Waals surface area (Å²) >= 11 is 12.3. The Labute approximate surface area is 216 Å². The van der Waals surface area contributed by atoms with Gasteiger partial charge in [0.05, 0.1) is 16.5 Å². The molecule has 0 bridgehead atoms. The molecule has 0 aliphatic heterocycles. The molecular weight excluding hydrogens is 486 g/mol. The Balaban J connectivity index is 1.98. The van der Waals surface area contributed by atoms with E-state index in [4.69, 9.17) is 23.2 Å². The van der Waals surface area contributed by atoms with E-state index in [1.54, 1.807) is 35.2 Å². The standard InChI is InChI=1S/C28H29Cl2FN2O2/c1-3-19(2)32-28(35)26(16-20-7-5-4-6-8-20)33(18-22-11-14-24(29)25(30)15-22)27(34)17-21-9-12-23(31)13-10-21/h4-15,19,26H,3,16-18H2,1-2H3,(H,32,35). The van der Waals surface area contributed by atoms with Crippen LogP contribution in [0.3, 0.4) is 0 Å². The maximum atomic E-state index is 13.6. The summed E-state index contributed by atoms with van der Waals surface area (Å²) in [6.07, 6.45) is 1.14. The van der Waals surface area contributed by atoms with Crippen molar-refractivity contribution in [2.24, 2.45) is 0 Å². The van der Waals surface area contributed by atoms with Crippen molar-refractivity contribution in [3.05, 3.63) is 105 Å². The van der Waals surface area contributed by atoms with E-state index in [0.29, 0.717) is 22.0 Å². The number of hydrogen-bond acceptors (Lipinski definition) is 2. The largest absolute Gasteiger partial charge is 0.352 e. The van der Waals surface area contributed by atoms with E-state index in [9.17, 15) is 14.0 Å². The van der Waals surface area contributed by atoms with Crippen molar-refractivity contribution >= 4 is 35.0 Å². The molecular formula is C28H29Cl2FN2O2. The van der Waals surface area contributed by atoms with E-state index < -0.39 is 6.04 Å². The average molecular weight is 515 g/mol. The highest BCUT2D eigenvalue weighted by Gasteiger charge is 2.31. The molecule has 3 rings (SSSR count). The number of nitrogens with zero attached hydrogens (tertiary/aromatic N) is 1. The SMILES string of the molecule is CCC(C)NC(=O)C(Cc1ccccc1)N(Cc1ccc(Cl)c(Cl)c1)C(=O)Cc1ccc(F)cc1. The maximum absolute atomic E-state index is 13.6. The molecule has 0 aliphatic rings. The molecule has 2 unspecified atom stereocenters. The second-order valence-electron chi connectivity index (χ2n) is 8.60. The van der Waals surface area contributed by atoms with Crippen molar-refractivity contribution in [1.82, 2.24) is 10.2 Å². The first kappa shape index (κ1) is 26.7. The van der Waals surface area contributed by atoms with Crippen molar-refractivity contribution in [1.29, 1.82) is 0 Å². The molecule has 0 saturated carbocycles. The van der Waals surface area contributed by atoms with E-state index in [-0.39, 0.29) is 36.6 Å². The minimum absolute atomic E-state index is 0.0313. The number of carbonyl (C=O) groups is 2. The molecule has 0 aliphatic carbocycles. The van der Waals surface area contributed by atoms with Gasteiger partial charge in [-0.3, -0.25) is 9.59 Å². The molecule has 3 aromatic carbocycles. The summed E-state index contributed by atoms with van der Waals surface area (Å²) in [5.74, 6) is -0.845. The summed E-state index contributed by atoms with van der Waals surface area (Å²) in [7, 11) is 0. The van der Waals surface area contributed by atoms with Crippen molar-refractivity contribution in [2.45, 2.75) is 51.7 Å². The van der Waals surface area contributed by atoms with Crippen molar-refractivity contribution in [3.8, 4) is 0 Å². The maximum Gasteiger partial charge on any atom is 0.243 e. The topological polar surface area (TPSA) is 49.4 Å². The number of amides is 2. The summed E-state index contributed by atoms with van der Waals surface area (Å²) < 4.78 is 13.4. The first-order valence-corrected chi connectivity index (χ1v) is 12.3. The van der Waals surface area contributed by atoms with Gasteiger partial charge in [0.2, 0.25) is 11.8 Å². The highest BCUT2D eigenvalue weighted by molar-refractivity contribution is 6.42. The second kappa shape index (κ2) is 12.7. The molecule has 35 heavy (non-hydrogen) atoms. The normalized spacial score (nSPS) is 12.6. The quantitative estimate of drug-likeness (QED) is 0.348. The van der Waals surface area contributed by atoms with Gasteiger partial charge in [0, 0.05) is 19.0 Å². The molecule has 3 aromatic rings. The van der Waals surface area contributed by atoms with Crippen LogP contribution in [-0.2, 0) is 29.0 Å².